The van der Waals surface area contributed by atoms with Crippen LogP contribution >= 0.6 is 0 Å². The molecule has 2 heterocycles. The van der Waals surface area contributed by atoms with E-state index in [2.05, 4.69) is 9.47 Å². The summed E-state index contributed by atoms with van der Waals surface area (Å²) < 4.78 is 85.7. The number of hydrogen-bond donors (Lipinski definition) is 1. The molecule has 3 rings (SSSR count). The summed E-state index contributed by atoms with van der Waals surface area (Å²) in [5, 5.41) is 9.64. The lowest BCUT2D eigenvalue weighted by Crippen LogP contribution is -2.63. The SMILES string of the molecule is O=C1OC(=O)C2(CCC(F)(F)F)C1C1C(CC(F)(F)F)CC(O)OC(=O)C12. The molecule has 1 saturated carbocycles. The van der Waals surface area contributed by atoms with Gasteiger partial charge in [0.2, 0.25) is 6.29 Å². The summed E-state index contributed by atoms with van der Waals surface area (Å²) in [5.74, 6) is -10.1. The number of halogens is 6. The van der Waals surface area contributed by atoms with E-state index in [1.54, 1.807) is 0 Å². The number of fused-ring (bicyclic) bond motifs is 4. The fraction of sp³-hybridized carbons (Fsp3) is 0.800. The minimum absolute atomic E-state index is 0.653. The number of carbonyl (C=O) groups excluding carboxylic acids is 3. The Kier molecular flexibility index (Phi) is 4.48. The summed E-state index contributed by atoms with van der Waals surface area (Å²) in [5.41, 5.74) is -2.22. The second-order valence-electron chi connectivity index (χ2n) is 7.10. The first-order chi connectivity index (χ1) is 12.3. The van der Waals surface area contributed by atoms with E-state index in [-0.39, 0.29) is 0 Å². The maximum absolute atomic E-state index is 12.9. The number of rotatable bonds is 3. The van der Waals surface area contributed by atoms with Crippen molar-refractivity contribution in [3.05, 3.63) is 0 Å². The molecule has 1 N–H and O–H groups in total. The Balaban J connectivity index is 2.00. The van der Waals surface area contributed by atoms with Gasteiger partial charge < -0.3 is 14.6 Å². The van der Waals surface area contributed by atoms with Gasteiger partial charge in [0.05, 0.1) is 17.3 Å². The van der Waals surface area contributed by atoms with Crippen LogP contribution in [-0.2, 0) is 23.9 Å². The number of cyclic esters (lactones) is 3. The Labute approximate surface area is 147 Å². The maximum Gasteiger partial charge on any atom is 0.389 e. The zero-order chi connectivity index (χ0) is 20.4. The number of hydrogen-bond acceptors (Lipinski definition) is 6. The highest BCUT2D eigenvalue weighted by molar-refractivity contribution is 6.05. The van der Waals surface area contributed by atoms with Crippen LogP contribution in [-0.4, -0.2) is 41.7 Å². The Bertz CT molecular complexity index is 673. The molecule has 0 aromatic heterocycles. The summed E-state index contributed by atoms with van der Waals surface area (Å²) in [7, 11) is 0. The Hall–Kier alpha value is -1.85. The first-order valence-electron chi connectivity index (χ1n) is 8.04. The Morgan fingerprint density at radius 1 is 1.00 bits per heavy atom. The molecule has 6 atom stereocenters. The van der Waals surface area contributed by atoms with Crippen molar-refractivity contribution in [2.45, 2.75) is 44.3 Å². The lowest BCUT2D eigenvalue weighted by atomic mass is 9.43. The third-order valence-corrected chi connectivity index (χ3v) is 5.58. The molecular formula is C15H14F6O6. The van der Waals surface area contributed by atoms with Gasteiger partial charge in [-0.2, -0.15) is 26.3 Å². The lowest BCUT2D eigenvalue weighted by molar-refractivity contribution is -0.206. The largest absolute Gasteiger partial charge is 0.436 e. The molecule has 0 amide bonds. The van der Waals surface area contributed by atoms with E-state index in [1.807, 2.05) is 0 Å². The van der Waals surface area contributed by atoms with E-state index in [4.69, 9.17) is 0 Å². The number of ether oxygens (including phenoxy) is 2. The molecule has 0 aromatic rings. The molecule has 1 aliphatic carbocycles. The quantitative estimate of drug-likeness (QED) is 0.440. The molecule has 27 heavy (non-hydrogen) atoms. The zero-order valence-electron chi connectivity index (χ0n) is 13.5. The molecule has 0 spiro atoms. The van der Waals surface area contributed by atoms with Gasteiger partial charge >= 0.3 is 30.3 Å². The van der Waals surface area contributed by atoms with Crippen LogP contribution in [0.25, 0.3) is 0 Å². The van der Waals surface area contributed by atoms with Gasteiger partial charge in [0.25, 0.3) is 0 Å². The smallest absolute Gasteiger partial charge is 0.389 e. The summed E-state index contributed by atoms with van der Waals surface area (Å²) >= 11 is 0. The van der Waals surface area contributed by atoms with E-state index in [0.29, 0.717) is 0 Å². The number of alkyl halides is 6. The van der Waals surface area contributed by atoms with Gasteiger partial charge in [0, 0.05) is 19.3 Å². The molecular weight excluding hydrogens is 390 g/mol. The molecule has 0 bridgehead atoms. The first kappa shape index (κ1) is 19.9. The third-order valence-electron chi connectivity index (χ3n) is 5.58. The van der Waals surface area contributed by atoms with Crippen LogP contribution in [0.3, 0.4) is 0 Å². The monoisotopic (exact) mass is 404 g/mol. The highest BCUT2D eigenvalue weighted by Gasteiger charge is 2.78. The molecule has 6 nitrogen and oxygen atoms in total. The first-order valence-corrected chi connectivity index (χ1v) is 8.04. The van der Waals surface area contributed by atoms with Gasteiger partial charge in [-0.25, -0.2) is 0 Å². The van der Waals surface area contributed by atoms with Crippen molar-refractivity contribution in [3.63, 3.8) is 0 Å². The number of esters is 3. The van der Waals surface area contributed by atoms with Gasteiger partial charge in [0.15, 0.2) is 0 Å². The van der Waals surface area contributed by atoms with E-state index in [0.717, 1.165) is 0 Å². The fourth-order valence-corrected chi connectivity index (χ4v) is 4.69. The van der Waals surface area contributed by atoms with Crippen LogP contribution in [0.1, 0.15) is 25.7 Å². The van der Waals surface area contributed by atoms with Gasteiger partial charge in [-0.3, -0.25) is 14.4 Å². The number of aliphatic hydroxyl groups excluding tert-OH is 1. The highest BCUT2D eigenvalue weighted by atomic mass is 19.4. The molecule has 12 heteroatoms. The Morgan fingerprint density at radius 2 is 1.59 bits per heavy atom. The predicted molar refractivity (Wildman–Crippen MR) is 70.2 cm³/mol. The van der Waals surface area contributed by atoms with Crippen LogP contribution in [0, 0.1) is 29.1 Å². The third kappa shape index (κ3) is 3.27. The average Bonchev–Trinajstić information content (AvgIpc) is 2.54. The van der Waals surface area contributed by atoms with E-state index in [1.165, 1.54) is 0 Å². The molecule has 3 fully saturated rings. The van der Waals surface area contributed by atoms with Crippen LogP contribution in [0.5, 0.6) is 0 Å². The van der Waals surface area contributed by atoms with Gasteiger partial charge in [-0.1, -0.05) is 0 Å². The molecule has 0 radical (unpaired) electrons. The number of carbonyl (C=O) groups is 3. The molecule has 2 aliphatic heterocycles. The maximum atomic E-state index is 12.9. The van der Waals surface area contributed by atoms with Gasteiger partial charge in [0.1, 0.15) is 0 Å². The van der Waals surface area contributed by atoms with E-state index >= 15 is 0 Å². The van der Waals surface area contributed by atoms with Crippen LogP contribution in [0.15, 0.2) is 0 Å². The van der Waals surface area contributed by atoms with E-state index < -0.39 is 91.3 Å². The normalized spacial score (nSPS) is 39.1. The average molecular weight is 404 g/mol. The lowest BCUT2D eigenvalue weighted by Gasteiger charge is -2.53. The van der Waals surface area contributed by atoms with Gasteiger partial charge in [-0.05, 0) is 18.3 Å². The topological polar surface area (TPSA) is 89.9 Å². The molecule has 6 unspecified atom stereocenters. The van der Waals surface area contributed by atoms with Crippen molar-refractivity contribution in [2.75, 3.05) is 0 Å². The Morgan fingerprint density at radius 3 is 2.15 bits per heavy atom. The van der Waals surface area contributed by atoms with Crippen LogP contribution in [0.4, 0.5) is 26.3 Å². The van der Waals surface area contributed by atoms with E-state index in [9.17, 15) is 45.8 Å². The van der Waals surface area contributed by atoms with Crippen molar-refractivity contribution in [3.8, 4) is 0 Å². The van der Waals surface area contributed by atoms with Crippen molar-refractivity contribution in [1.82, 2.24) is 0 Å². The zero-order valence-corrected chi connectivity index (χ0v) is 13.5. The number of aliphatic hydroxyl groups is 1. The minimum Gasteiger partial charge on any atom is -0.436 e. The summed E-state index contributed by atoms with van der Waals surface area (Å²) in [6.45, 7) is 0. The molecule has 3 aliphatic rings. The second kappa shape index (κ2) is 6.08. The molecule has 2 saturated heterocycles. The summed E-state index contributed by atoms with van der Waals surface area (Å²) in [4.78, 5) is 36.4. The standard InChI is InChI=1S/C15H14F6O6/c16-14(17,18)2-1-13-8-7(9(13)11(24)27-12(13)25)5(4-15(19,20)21)3-6(22)26-10(8)23/h5-9,22H,1-4H2. The second-order valence-corrected chi connectivity index (χ2v) is 7.10. The molecule has 0 aromatic carbocycles. The van der Waals surface area contributed by atoms with Crippen molar-refractivity contribution >= 4 is 17.9 Å². The van der Waals surface area contributed by atoms with Gasteiger partial charge in [-0.15, -0.1) is 0 Å². The highest BCUT2D eigenvalue weighted by Crippen LogP contribution is 2.67. The minimum atomic E-state index is -4.73. The summed E-state index contributed by atoms with van der Waals surface area (Å²) in [6.07, 6.45) is -16.0. The van der Waals surface area contributed by atoms with Crippen molar-refractivity contribution in [1.29, 1.82) is 0 Å². The summed E-state index contributed by atoms with van der Waals surface area (Å²) in [6, 6.07) is 0. The molecule has 152 valence electrons. The van der Waals surface area contributed by atoms with Crippen LogP contribution in [0.2, 0.25) is 0 Å². The van der Waals surface area contributed by atoms with Crippen LogP contribution < -0.4 is 0 Å². The fourth-order valence-electron chi connectivity index (χ4n) is 4.69. The van der Waals surface area contributed by atoms with Crippen molar-refractivity contribution < 1.29 is 55.3 Å². The predicted octanol–water partition coefficient (Wildman–Crippen LogP) is 2.09. The van der Waals surface area contributed by atoms with Crippen molar-refractivity contribution in [2.24, 2.45) is 29.1 Å².